The molecule has 1 aliphatic carbocycles. The number of hydrogen-bond acceptors (Lipinski definition) is 3. The van der Waals surface area contributed by atoms with Crippen molar-refractivity contribution in [1.29, 1.82) is 0 Å². The topological polar surface area (TPSA) is 81.5 Å². The Morgan fingerprint density at radius 3 is 2.44 bits per heavy atom. The van der Waals surface area contributed by atoms with Crippen LogP contribution in [0.3, 0.4) is 0 Å². The standard InChI is InChI=1S/C31H40BrN3O.C2HF3O2/c1-34-19-25-16-26(32)12-13-27(25)31(21-34)20-33-18-28(31)30(36)35-15-14-24(22-8-4-2-5-9-22)17-29(35)23-10-6-3-7-11-23;3-2(4,5)1(6)7/h2,4-5,8-9,12-13,16,23-24,28-29,33H,3,6-7,10-11,14-15,17-21H2,1H3;(H,6,7)/p+1/t24-,28+,29+,31-;/m1./s1. The maximum Gasteiger partial charge on any atom is 0.430 e. The van der Waals surface area contributed by atoms with E-state index in [2.05, 4.69) is 81.7 Å². The number of aliphatic carboxylic acids is 1. The van der Waals surface area contributed by atoms with Crippen molar-refractivity contribution in [3.05, 3.63) is 69.7 Å². The Bertz CT molecular complexity index is 1290. The lowest BCUT2D eigenvalue weighted by atomic mass is 9.67. The van der Waals surface area contributed by atoms with Gasteiger partial charge in [0.25, 0.3) is 0 Å². The third-order valence-corrected chi connectivity index (χ3v) is 10.7. The number of carbonyl (C=O) groups excluding carboxylic acids is 2. The molecule has 234 valence electrons. The van der Waals surface area contributed by atoms with E-state index >= 15 is 0 Å². The molecule has 3 heterocycles. The maximum absolute atomic E-state index is 14.6. The van der Waals surface area contributed by atoms with Gasteiger partial charge < -0.3 is 25.0 Å². The van der Waals surface area contributed by atoms with Crippen molar-refractivity contribution in [3.8, 4) is 0 Å². The lowest BCUT2D eigenvalue weighted by Crippen LogP contribution is -3.11. The first-order chi connectivity index (χ1) is 20.5. The minimum atomic E-state index is -5.19. The van der Waals surface area contributed by atoms with Crippen molar-refractivity contribution in [2.45, 2.75) is 75.0 Å². The largest absolute Gasteiger partial charge is 0.542 e. The van der Waals surface area contributed by atoms with Gasteiger partial charge in [-0.05, 0) is 60.8 Å². The number of nitrogens with zero attached hydrogens (tertiary/aromatic N) is 1. The molecule has 1 saturated carbocycles. The van der Waals surface area contributed by atoms with Gasteiger partial charge >= 0.3 is 6.18 Å². The minimum Gasteiger partial charge on any atom is -0.542 e. The minimum absolute atomic E-state index is 0.0527. The average molecular weight is 666 g/mol. The number of amides is 1. The van der Waals surface area contributed by atoms with Gasteiger partial charge in [-0.1, -0.05) is 71.6 Å². The first-order valence-corrected chi connectivity index (χ1v) is 16.3. The summed E-state index contributed by atoms with van der Waals surface area (Å²) in [5, 5.41) is 11.2. The number of piperidine rings is 1. The van der Waals surface area contributed by atoms with Gasteiger partial charge in [0, 0.05) is 22.6 Å². The molecule has 3 fully saturated rings. The molecule has 1 spiro atoms. The molecule has 1 amide bonds. The Kier molecular flexibility index (Phi) is 9.88. The predicted octanol–water partition coefficient (Wildman–Crippen LogP) is 2.56. The Morgan fingerprint density at radius 1 is 1.07 bits per heavy atom. The number of carboxylic acids is 1. The highest BCUT2D eigenvalue weighted by atomic mass is 79.9. The van der Waals surface area contributed by atoms with Gasteiger partial charge in [0.2, 0.25) is 5.91 Å². The molecule has 10 heteroatoms. The molecule has 0 bridgehead atoms. The van der Waals surface area contributed by atoms with Crippen LogP contribution < -0.4 is 15.3 Å². The van der Waals surface area contributed by atoms with Gasteiger partial charge in [0.05, 0.1) is 26.7 Å². The molecule has 3 aliphatic heterocycles. The van der Waals surface area contributed by atoms with E-state index in [1.54, 1.807) is 0 Å². The second-order valence-corrected chi connectivity index (χ2v) is 13.9. The van der Waals surface area contributed by atoms with E-state index in [0.29, 0.717) is 23.8 Å². The van der Waals surface area contributed by atoms with E-state index in [9.17, 15) is 18.0 Å². The summed E-state index contributed by atoms with van der Waals surface area (Å²) in [4.78, 5) is 27.4. The number of quaternary nitrogens is 2. The Hall–Kier alpha value is -2.43. The van der Waals surface area contributed by atoms with Gasteiger partial charge in [0.1, 0.15) is 23.8 Å². The number of likely N-dealkylation sites (N-methyl/N-ethyl adjacent to an activating group) is 1. The lowest BCUT2D eigenvalue weighted by Gasteiger charge is -2.47. The molecule has 2 aromatic carbocycles. The van der Waals surface area contributed by atoms with Crippen LogP contribution >= 0.6 is 15.9 Å². The summed E-state index contributed by atoms with van der Waals surface area (Å²) in [7, 11) is 2.31. The number of nitrogens with two attached hydrogens (primary N) is 1. The first kappa shape index (κ1) is 32.0. The molecule has 43 heavy (non-hydrogen) atoms. The van der Waals surface area contributed by atoms with E-state index in [4.69, 9.17) is 9.90 Å². The Morgan fingerprint density at radius 2 is 1.77 bits per heavy atom. The normalized spacial score (nSPS) is 29.5. The fourth-order valence-electron chi connectivity index (χ4n) is 8.39. The van der Waals surface area contributed by atoms with Crippen LogP contribution in [0.4, 0.5) is 13.2 Å². The summed E-state index contributed by atoms with van der Waals surface area (Å²) in [5.74, 6) is -1.23. The molecule has 6 nitrogen and oxygen atoms in total. The van der Waals surface area contributed by atoms with Crippen molar-refractivity contribution < 1.29 is 38.1 Å². The van der Waals surface area contributed by atoms with Crippen molar-refractivity contribution in [3.63, 3.8) is 0 Å². The number of halogens is 4. The number of alkyl halides is 3. The third kappa shape index (κ3) is 6.96. The number of likely N-dealkylation sites (tertiary alicyclic amines) is 1. The van der Waals surface area contributed by atoms with Crippen LogP contribution in [0.2, 0.25) is 0 Å². The Balaban J connectivity index is 0.000000472. The fraction of sp³-hybridized carbons (Fsp3) is 0.576. The van der Waals surface area contributed by atoms with Crippen LogP contribution in [-0.4, -0.2) is 62.2 Å². The molecule has 1 unspecified atom stereocenters. The molecule has 2 saturated heterocycles. The summed E-state index contributed by atoms with van der Waals surface area (Å²) >= 11 is 3.70. The van der Waals surface area contributed by atoms with Gasteiger partial charge in [0.15, 0.2) is 0 Å². The monoisotopic (exact) mass is 664 g/mol. The van der Waals surface area contributed by atoms with Gasteiger partial charge in [-0.3, -0.25) is 4.79 Å². The van der Waals surface area contributed by atoms with E-state index in [1.807, 2.05) is 0 Å². The predicted molar refractivity (Wildman–Crippen MR) is 158 cm³/mol. The first-order valence-electron chi connectivity index (χ1n) is 15.5. The Labute approximate surface area is 260 Å². The van der Waals surface area contributed by atoms with Crippen LogP contribution in [0.25, 0.3) is 0 Å². The summed E-state index contributed by atoms with van der Waals surface area (Å²) < 4.78 is 32.7. The van der Waals surface area contributed by atoms with Crippen molar-refractivity contribution in [1.82, 2.24) is 4.90 Å². The number of carbonyl (C=O) groups is 2. The number of benzene rings is 2. The smallest absolute Gasteiger partial charge is 0.430 e. The SMILES string of the molecule is C[NH+]1Cc2cc(Br)ccc2[C@@]2(C[NH2+]C[C@H]2C(=O)N2CC[C@@H](c3ccccc3)C[C@H]2C2CCCCC2)C1.O=C([O-])C(F)(F)F. The molecule has 3 N–H and O–H groups in total. The molecule has 0 aromatic heterocycles. The maximum atomic E-state index is 14.6. The highest BCUT2D eigenvalue weighted by Gasteiger charge is 2.58. The number of hydrogen-bond donors (Lipinski definition) is 2. The van der Waals surface area contributed by atoms with Crippen molar-refractivity contribution in [2.24, 2.45) is 11.8 Å². The van der Waals surface area contributed by atoms with Crippen LogP contribution in [0.15, 0.2) is 53.0 Å². The third-order valence-electron chi connectivity index (χ3n) is 10.2. The second-order valence-electron chi connectivity index (χ2n) is 13.0. The number of carboxylic acid groups (broad SMARTS) is 1. The molecule has 6 rings (SSSR count). The average Bonchev–Trinajstić information content (AvgIpc) is 3.40. The van der Waals surface area contributed by atoms with E-state index in [0.717, 1.165) is 50.0 Å². The van der Waals surface area contributed by atoms with E-state index < -0.39 is 12.1 Å². The van der Waals surface area contributed by atoms with Crippen molar-refractivity contribution in [2.75, 3.05) is 33.2 Å². The summed E-state index contributed by atoms with van der Waals surface area (Å²) in [5.41, 5.74) is 4.28. The summed E-state index contributed by atoms with van der Waals surface area (Å²) in [6, 6.07) is 18.3. The molecular formula is C33H42BrF3N3O3+. The summed E-state index contributed by atoms with van der Waals surface area (Å²) in [6.45, 7) is 4.98. The van der Waals surface area contributed by atoms with Gasteiger partial charge in [-0.2, -0.15) is 13.2 Å². The molecular weight excluding hydrogens is 623 g/mol. The summed E-state index contributed by atoms with van der Waals surface area (Å²) in [6.07, 6.45) is 3.65. The van der Waals surface area contributed by atoms with Crippen molar-refractivity contribution >= 4 is 27.8 Å². The van der Waals surface area contributed by atoms with Crippen LogP contribution in [0.5, 0.6) is 0 Å². The molecule has 5 atom stereocenters. The van der Waals surface area contributed by atoms with Crippen LogP contribution in [0, 0.1) is 11.8 Å². The van der Waals surface area contributed by atoms with Gasteiger partial charge in [-0.15, -0.1) is 0 Å². The fourth-order valence-corrected chi connectivity index (χ4v) is 8.79. The zero-order valence-electron chi connectivity index (χ0n) is 24.7. The molecule has 2 aromatic rings. The van der Waals surface area contributed by atoms with Crippen LogP contribution in [-0.2, 0) is 21.5 Å². The highest BCUT2D eigenvalue weighted by molar-refractivity contribution is 9.10. The second kappa shape index (κ2) is 13.3. The number of fused-ring (bicyclic) bond motifs is 2. The highest BCUT2D eigenvalue weighted by Crippen LogP contribution is 2.43. The van der Waals surface area contributed by atoms with Gasteiger partial charge in [-0.25, -0.2) is 0 Å². The van der Waals surface area contributed by atoms with E-state index in [-0.39, 0.29) is 11.3 Å². The molecule has 0 radical (unpaired) electrons. The van der Waals surface area contributed by atoms with E-state index in [1.165, 1.54) is 53.7 Å². The number of nitrogens with one attached hydrogen (secondary N) is 1. The quantitative estimate of drug-likeness (QED) is 0.530. The zero-order chi connectivity index (χ0) is 30.8. The van der Waals surface area contributed by atoms with Crippen LogP contribution in [0.1, 0.15) is 67.6 Å². The number of rotatable bonds is 3. The molecule has 4 aliphatic rings. The lowest BCUT2D eigenvalue weighted by molar-refractivity contribution is -0.902. The zero-order valence-corrected chi connectivity index (χ0v) is 26.3.